The van der Waals surface area contributed by atoms with Gasteiger partial charge in [0.1, 0.15) is 17.9 Å². The minimum atomic E-state index is 0.0744. The topological polar surface area (TPSA) is 115 Å². The standard InChI is InChI=1S/C33H38N8O3.C2H6/c1-23(21-42)24(2)29-20-35-33(37-31(29)41(22-43)27-5-3-4-6-27)36-30-12-11-28(19-34-30)39-15-13-38(14-16-39)26-9-7-25(8-10-26)32(44)40-17-18-40;1-2/h7-12,19-22,27H,3-6,13-18H2,1-2H3,(H,34,35,36,37);1-2H3/b24-23+;. The summed E-state index contributed by atoms with van der Waals surface area (Å²) in [5.41, 5.74) is 4.89. The lowest BCUT2D eigenvalue weighted by atomic mass is 10.0. The summed E-state index contributed by atoms with van der Waals surface area (Å²) in [6.07, 6.45) is 9.15. The van der Waals surface area contributed by atoms with Gasteiger partial charge < -0.3 is 20.0 Å². The maximum absolute atomic E-state index is 12.3. The third-order valence-electron chi connectivity index (χ3n) is 8.86. The number of aromatic nitrogens is 3. The van der Waals surface area contributed by atoms with Crippen LogP contribution in [0.3, 0.4) is 0 Å². The van der Waals surface area contributed by atoms with Gasteiger partial charge >= 0.3 is 0 Å². The Kier molecular flexibility index (Phi) is 10.6. The maximum Gasteiger partial charge on any atom is 0.253 e. The minimum Gasteiger partial charge on any atom is -0.368 e. The van der Waals surface area contributed by atoms with E-state index in [2.05, 4.69) is 25.1 Å². The number of nitrogens with one attached hydrogen (secondary N) is 1. The van der Waals surface area contributed by atoms with Gasteiger partial charge in [-0.3, -0.25) is 19.3 Å². The number of hydrogen-bond donors (Lipinski definition) is 1. The van der Waals surface area contributed by atoms with E-state index in [9.17, 15) is 14.4 Å². The third-order valence-corrected chi connectivity index (χ3v) is 8.86. The number of anilines is 5. The van der Waals surface area contributed by atoms with E-state index in [1.54, 1.807) is 18.0 Å². The normalized spacial score (nSPS) is 16.7. The summed E-state index contributed by atoms with van der Waals surface area (Å²) in [5, 5.41) is 3.19. The molecule has 0 atom stereocenters. The van der Waals surface area contributed by atoms with Crippen LogP contribution < -0.4 is 20.0 Å². The van der Waals surface area contributed by atoms with Crippen LogP contribution in [0.15, 0.2) is 54.4 Å². The average molecular weight is 625 g/mol. The van der Waals surface area contributed by atoms with Crippen molar-refractivity contribution in [2.45, 2.75) is 59.4 Å². The Balaban J connectivity index is 0.00000204. The maximum atomic E-state index is 12.3. The highest BCUT2D eigenvalue weighted by Crippen LogP contribution is 2.33. The Morgan fingerprint density at radius 2 is 1.48 bits per heavy atom. The number of benzene rings is 1. The summed E-state index contributed by atoms with van der Waals surface area (Å²) in [6, 6.07) is 11.9. The molecule has 0 spiro atoms. The molecular formula is C35H44N8O3. The van der Waals surface area contributed by atoms with E-state index in [-0.39, 0.29) is 11.9 Å². The van der Waals surface area contributed by atoms with Gasteiger partial charge in [0.2, 0.25) is 12.4 Å². The lowest BCUT2D eigenvalue weighted by molar-refractivity contribution is -0.108. The second-order valence-corrected chi connectivity index (χ2v) is 11.6. The number of rotatable bonds is 10. The minimum absolute atomic E-state index is 0.0744. The fourth-order valence-electron chi connectivity index (χ4n) is 5.92. The molecule has 4 heterocycles. The molecular weight excluding hydrogens is 580 g/mol. The first-order valence-electron chi connectivity index (χ1n) is 16.3. The molecule has 46 heavy (non-hydrogen) atoms. The average Bonchev–Trinajstić information content (AvgIpc) is 3.83. The van der Waals surface area contributed by atoms with Crippen LogP contribution in [0.1, 0.15) is 69.3 Å². The van der Waals surface area contributed by atoms with Crippen molar-refractivity contribution in [2.75, 3.05) is 59.3 Å². The van der Waals surface area contributed by atoms with E-state index in [0.29, 0.717) is 28.7 Å². The number of nitrogens with zero attached hydrogens (tertiary/aromatic N) is 7. The zero-order chi connectivity index (χ0) is 32.6. The van der Waals surface area contributed by atoms with Crippen LogP contribution in [-0.4, -0.2) is 83.8 Å². The van der Waals surface area contributed by atoms with Crippen molar-refractivity contribution in [3.8, 4) is 0 Å². The molecule has 6 rings (SSSR count). The Bertz CT molecular complexity index is 1540. The van der Waals surface area contributed by atoms with Crippen molar-refractivity contribution >= 4 is 53.1 Å². The Labute approximate surface area is 271 Å². The number of amides is 2. The molecule has 1 N–H and O–H groups in total. The molecule has 11 nitrogen and oxygen atoms in total. The molecule has 3 aliphatic rings. The summed E-state index contributed by atoms with van der Waals surface area (Å²) < 4.78 is 0. The highest BCUT2D eigenvalue weighted by molar-refractivity contribution is 5.96. The third kappa shape index (κ3) is 7.35. The van der Waals surface area contributed by atoms with Crippen molar-refractivity contribution in [3.05, 3.63) is 65.5 Å². The van der Waals surface area contributed by atoms with Crippen molar-refractivity contribution in [2.24, 2.45) is 0 Å². The van der Waals surface area contributed by atoms with Crippen LogP contribution in [0.5, 0.6) is 0 Å². The highest BCUT2D eigenvalue weighted by atomic mass is 16.2. The summed E-state index contributed by atoms with van der Waals surface area (Å²) >= 11 is 0. The van der Waals surface area contributed by atoms with E-state index in [4.69, 9.17) is 4.98 Å². The van der Waals surface area contributed by atoms with Crippen molar-refractivity contribution in [3.63, 3.8) is 0 Å². The van der Waals surface area contributed by atoms with Crippen molar-refractivity contribution in [1.82, 2.24) is 19.9 Å². The molecule has 0 bridgehead atoms. The number of carbonyl (C=O) groups excluding carboxylic acids is 3. The predicted molar refractivity (Wildman–Crippen MR) is 183 cm³/mol. The van der Waals surface area contributed by atoms with Gasteiger partial charge in [-0.05, 0) is 74.2 Å². The molecule has 2 amide bonds. The molecule has 2 aliphatic heterocycles. The Hall–Kier alpha value is -4.80. The zero-order valence-electron chi connectivity index (χ0n) is 27.3. The van der Waals surface area contributed by atoms with Crippen LogP contribution in [0.4, 0.5) is 29.0 Å². The molecule has 2 saturated heterocycles. The van der Waals surface area contributed by atoms with Gasteiger partial charge in [0.15, 0.2) is 0 Å². The largest absolute Gasteiger partial charge is 0.368 e. The molecule has 11 heteroatoms. The molecule has 3 fully saturated rings. The van der Waals surface area contributed by atoms with Gasteiger partial charge in [-0.1, -0.05) is 26.7 Å². The number of allylic oxidation sites excluding steroid dienone is 2. The summed E-state index contributed by atoms with van der Waals surface area (Å²) in [6.45, 7) is 12.8. The van der Waals surface area contributed by atoms with E-state index >= 15 is 0 Å². The van der Waals surface area contributed by atoms with Gasteiger partial charge in [-0.15, -0.1) is 0 Å². The number of hydrogen-bond acceptors (Lipinski definition) is 9. The number of piperazine rings is 1. The Morgan fingerprint density at radius 1 is 0.848 bits per heavy atom. The van der Waals surface area contributed by atoms with E-state index in [0.717, 1.165) is 100 Å². The van der Waals surface area contributed by atoms with Crippen molar-refractivity contribution < 1.29 is 14.4 Å². The van der Waals surface area contributed by atoms with Crippen LogP contribution >= 0.6 is 0 Å². The lowest BCUT2D eigenvalue weighted by Gasteiger charge is -2.37. The van der Waals surface area contributed by atoms with Crippen LogP contribution in [0, 0.1) is 0 Å². The SMILES string of the molecule is C/C(C=O)=C(/C)c1cnc(Nc2ccc(N3CCN(c4ccc(C(=O)N5CC5)cc4)CC3)cn2)nc1N(C=O)C1CCCC1.CC. The molecule has 1 saturated carbocycles. The fraction of sp³-hybridized carbons (Fsp3) is 0.429. The smallest absolute Gasteiger partial charge is 0.253 e. The summed E-state index contributed by atoms with van der Waals surface area (Å²) in [7, 11) is 0. The van der Waals surface area contributed by atoms with Gasteiger partial charge in [-0.25, -0.2) is 9.97 Å². The fourth-order valence-corrected chi connectivity index (χ4v) is 5.92. The van der Waals surface area contributed by atoms with Crippen LogP contribution in [-0.2, 0) is 9.59 Å². The number of aldehydes is 1. The molecule has 242 valence electrons. The molecule has 0 radical (unpaired) electrons. The van der Waals surface area contributed by atoms with E-state index in [1.807, 2.05) is 68.3 Å². The van der Waals surface area contributed by atoms with E-state index < -0.39 is 0 Å². The van der Waals surface area contributed by atoms with Crippen molar-refractivity contribution in [1.29, 1.82) is 0 Å². The summed E-state index contributed by atoms with van der Waals surface area (Å²) in [4.78, 5) is 58.0. The molecule has 1 aromatic carbocycles. The first-order chi connectivity index (χ1) is 22.4. The molecule has 0 unspecified atom stereocenters. The summed E-state index contributed by atoms with van der Waals surface area (Å²) in [5.74, 6) is 1.54. The van der Waals surface area contributed by atoms with Gasteiger partial charge in [0.05, 0.1) is 11.9 Å². The lowest BCUT2D eigenvalue weighted by Crippen LogP contribution is -2.46. The number of carbonyl (C=O) groups is 3. The van der Waals surface area contributed by atoms with Gasteiger partial charge in [-0.2, -0.15) is 4.98 Å². The molecule has 3 aromatic rings. The zero-order valence-corrected chi connectivity index (χ0v) is 27.3. The van der Waals surface area contributed by atoms with Crippen LogP contribution in [0.2, 0.25) is 0 Å². The monoisotopic (exact) mass is 624 g/mol. The van der Waals surface area contributed by atoms with Gasteiger partial charge in [0.25, 0.3) is 5.91 Å². The van der Waals surface area contributed by atoms with Crippen LogP contribution in [0.25, 0.3) is 5.57 Å². The second kappa shape index (κ2) is 15.0. The number of pyridine rings is 1. The second-order valence-electron chi connectivity index (χ2n) is 11.6. The predicted octanol–water partition coefficient (Wildman–Crippen LogP) is 5.32. The quantitative estimate of drug-likeness (QED) is 0.182. The van der Waals surface area contributed by atoms with E-state index in [1.165, 1.54) is 0 Å². The molecule has 2 aromatic heterocycles. The first-order valence-corrected chi connectivity index (χ1v) is 16.3. The van der Waals surface area contributed by atoms with Gasteiger partial charge in [0, 0.05) is 68.3 Å². The first kappa shape index (κ1) is 32.6. The molecule has 1 aliphatic carbocycles. The highest BCUT2D eigenvalue weighted by Gasteiger charge is 2.27. The Morgan fingerprint density at radius 3 is 2.04 bits per heavy atom.